The van der Waals surface area contributed by atoms with Crippen LogP contribution >= 0.6 is 0 Å². The number of nitrogens with zero attached hydrogens (tertiary/aromatic N) is 7. The van der Waals surface area contributed by atoms with Gasteiger partial charge in [0.2, 0.25) is 5.82 Å². The molecule has 5 aromatic rings. The van der Waals surface area contributed by atoms with Crippen LogP contribution in [0.2, 0.25) is 0 Å². The molecule has 4 heterocycles. The summed E-state index contributed by atoms with van der Waals surface area (Å²) in [6.45, 7) is 2.78. The standard InChI is InChI=1S/C31H27N9O/c32-17-28-34-13-10-27(39-28)36-23-11-14-40(15-12-23)19-20-6-8-22(9-7-20)30-29(21-4-2-1-3-5-21)37-24-16-25(31(33)41)35-18-26(24)38-30/h1-10,13,16,18,23H,11-12,14-15,19H2,(H2,33,41)(H,34,36,39). The minimum atomic E-state index is -0.602. The van der Waals surface area contributed by atoms with Crippen LogP contribution in [0.15, 0.2) is 79.1 Å². The topological polar surface area (TPSA) is 147 Å². The number of pyridine rings is 1. The average Bonchev–Trinajstić information content (AvgIpc) is 3.02. The third-order valence-electron chi connectivity index (χ3n) is 7.18. The zero-order chi connectivity index (χ0) is 28.2. The van der Waals surface area contributed by atoms with Crippen LogP contribution in [0, 0.1) is 11.3 Å². The lowest BCUT2D eigenvalue weighted by Gasteiger charge is -2.32. The molecule has 1 amide bonds. The fourth-order valence-electron chi connectivity index (χ4n) is 5.06. The first-order chi connectivity index (χ1) is 20.1. The third-order valence-corrected chi connectivity index (χ3v) is 7.18. The van der Waals surface area contributed by atoms with Gasteiger partial charge in [-0.3, -0.25) is 9.69 Å². The van der Waals surface area contributed by atoms with Gasteiger partial charge in [-0.25, -0.2) is 24.9 Å². The van der Waals surface area contributed by atoms with E-state index >= 15 is 0 Å². The van der Waals surface area contributed by atoms with Gasteiger partial charge in [-0.2, -0.15) is 5.26 Å². The van der Waals surface area contributed by atoms with Crippen molar-refractivity contribution in [2.45, 2.75) is 25.4 Å². The molecule has 3 aromatic heterocycles. The molecule has 1 fully saturated rings. The number of anilines is 1. The van der Waals surface area contributed by atoms with Crippen molar-refractivity contribution in [2.24, 2.45) is 5.73 Å². The quantitative estimate of drug-likeness (QED) is 0.309. The Morgan fingerprint density at radius 2 is 1.63 bits per heavy atom. The molecule has 41 heavy (non-hydrogen) atoms. The largest absolute Gasteiger partial charge is 0.367 e. The number of aromatic nitrogens is 5. The van der Waals surface area contributed by atoms with Crippen LogP contribution in [0.1, 0.15) is 34.7 Å². The zero-order valence-electron chi connectivity index (χ0n) is 22.2. The SMILES string of the molecule is N#Cc1nccc(NC2CCN(Cc3ccc(-c4nc5cnc(C(N)=O)cc5nc4-c4ccccc4)cc3)CC2)n1. The lowest BCUT2D eigenvalue weighted by Crippen LogP contribution is -2.38. The van der Waals surface area contributed by atoms with E-state index in [4.69, 9.17) is 21.0 Å². The summed E-state index contributed by atoms with van der Waals surface area (Å²) < 4.78 is 0. The minimum Gasteiger partial charge on any atom is -0.367 e. The van der Waals surface area contributed by atoms with Crippen molar-refractivity contribution >= 4 is 22.8 Å². The first-order valence-corrected chi connectivity index (χ1v) is 13.4. The first kappa shape index (κ1) is 26.0. The molecule has 6 rings (SSSR count). The Bertz CT molecular complexity index is 1740. The molecular formula is C31H27N9O. The van der Waals surface area contributed by atoms with Crippen LogP contribution in [0.25, 0.3) is 33.5 Å². The lowest BCUT2D eigenvalue weighted by molar-refractivity contribution is 0.0995. The van der Waals surface area contributed by atoms with Gasteiger partial charge in [0.25, 0.3) is 5.91 Å². The van der Waals surface area contributed by atoms with E-state index in [-0.39, 0.29) is 11.5 Å². The normalized spacial score (nSPS) is 14.0. The first-order valence-electron chi connectivity index (χ1n) is 13.4. The van der Waals surface area contributed by atoms with E-state index in [0.29, 0.717) is 22.9 Å². The van der Waals surface area contributed by atoms with E-state index in [0.717, 1.165) is 55.0 Å². The molecule has 2 aromatic carbocycles. The minimum absolute atomic E-state index is 0.157. The maximum absolute atomic E-state index is 11.7. The molecule has 0 spiro atoms. The van der Waals surface area contributed by atoms with Crippen molar-refractivity contribution in [3.8, 4) is 28.6 Å². The Kier molecular flexibility index (Phi) is 7.26. The van der Waals surface area contributed by atoms with Crippen molar-refractivity contribution in [1.29, 1.82) is 5.26 Å². The Balaban J connectivity index is 1.18. The molecule has 10 nitrogen and oxygen atoms in total. The predicted molar refractivity (Wildman–Crippen MR) is 155 cm³/mol. The number of primary amides is 1. The highest BCUT2D eigenvalue weighted by molar-refractivity contribution is 5.95. The lowest BCUT2D eigenvalue weighted by atomic mass is 10.0. The van der Waals surface area contributed by atoms with Crippen molar-refractivity contribution in [3.05, 3.63) is 96.2 Å². The van der Waals surface area contributed by atoms with Crippen LogP contribution < -0.4 is 11.1 Å². The molecule has 1 aliphatic heterocycles. The molecule has 1 aliphatic rings. The fourth-order valence-corrected chi connectivity index (χ4v) is 5.06. The summed E-state index contributed by atoms with van der Waals surface area (Å²) in [5, 5.41) is 12.5. The molecule has 0 unspecified atom stereocenters. The summed E-state index contributed by atoms with van der Waals surface area (Å²) in [6, 6.07) is 24.0. The smallest absolute Gasteiger partial charge is 0.267 e. The molecule has 1 saturated heterocycles. The molecule has 3 N–H and O–H groups in total. The maximum atomic E-state index is 11.7. The van der Waals surface area contributed by atoms with Gasteiger partial charge in [0.15, 0.2) is 0 Å². The Hall–Kier alpha value is -5.27. The Morgan fingerprint density at radius 1 is 0.927 bits per heavy atom. The van der Waals surface area contributed by atoms with E-state index in [1.807, 2.05) is 36.4 Å². The van der Waals surface area contributed by atoms with Crippen LogP contribution in [0.4, 0.5) is 5.82 Å². The number of carbonyl (C=O) groups excluding carboxylic acids is 1. The summed E-state index contributed by atoms with van der Waals surface area (Å²) in [4.78, 5) is 36.2. The number of fused-ring (bicyclic) bond motifs is 1. The molecule has 0 atom stereocenters. The second kappa shape index (κ2) is 11.5. The number of nitriles is 1. The van der Waals surface area contributed by atoms with Gasteiger partial charge in [-0.15, -0.1) is 0 Å². The molecule has 202 valence electrons. The second-order valence-electron chi connectivity index (χ2n) is 9.98. The number of likely N-dealkylation sites (tertiary alicyclic amines) is 1. The van der Waals surface area contributed by atoms with Gasteiger partial charge in [-0.1, -0.05) is 54.6 Å². The third kappa shape index (κ3) is 5.85. The number of benzene rings is 2. The molecule has 0 radical (unpaired) electrons. The maximum Gasteiger partial charge on any atom is 0.267 e. The van der Waals surface area contributed by atoms with Gasteiger partial charge in [0, 0.05) is 43.0 Å². The second-order valence-corrected chi connectivity index (χ2v) is 9.98. The van der Waals surface area contributed by atoms with E-state index in [9.17, 15) is 4.79 Å². The van der Waals surface area contributed by atoms with E-state index in [1.54, 1.807) is 24.5 Å². The highest BCUT2D eigenvalue weighted by Crippen LogP contribution is 2.31. The Morgan fingerprint density at radius 3 is 2.34 bits per heavy atom. The van der Waals surface area contributed by atoms with Crippen LogP contribution in [-0.4, -0.2) is 54.9 Å². The highest BCUT2D eigenvalue weighted by Gasteiger charge is 2.20. The number of nitrogens with two attached hydrogens (primary N) is 1. The van der Waals surface area contributed by atoms with Crippen molar-refractivity contribution < 1.29 is 4.79 Å². The monoisotopic (exact) mass is 541 g/mol. The van der Waals surface area contributed by atoms with Gasteiger partial charge in [0.1, 0.15) is 23.1 Å². The average molecular weight is 542 g/mol. The van der Waals surface area contributed by atoms with Crippen molar-refractivity contribution in [2.75, 3.05) is 18.4 Å². The van der Waals surface area contributed by atoms with Crippen molar-refractivity contribution in [3.63, 3.8) is 0 Å². The van der Waals surface area contributed by atoms with Gasteiger partial charge >= 0.3 is 0 Å². The molecule has 0 aliphatic carbocycles. The molecular weight excluding hydrogens is 514 g/mol. The number of rotatable bonds is 7. The number of amides is 1. The number of hydrogen-bond acceptors (Lipinski definition) is 9. The number of hydrogen-bond donors (Lipinski definition) is 2. The summed E-state index contributed by atoms with van der Waals surface area (Å²) in [6.07, 6.45) is 5.13. The van der Waals surface area contributed by atoms with E-state index in [1.165, 1.54) is 5.56 Å². The highest BCUT2D eigenvalue weighted by atomic mass is 16.1. The number of nitrogens with one attached hydrogen (secondary N) is 1. The Labute approximate surface area is 236 Å². The van der Waals surface area contributed by atoms with Gasteiger partial charge < -0.3 is 11.1 Å². The van der Waals surface area contributed by atoms with Crippen LogP contribution in [0.5, 0.6) is 0 Å². The van der Waals surface area contributed by atoms with Gasteiger partial charge in [-0.05, 0) is 30.5 Å². The molecule has 0 bridgehead atoms. The summed E-state index contributed by atoms with van der Waals surface area (Å²) >= 11 is 0. The summed E-state index contributed by atoms with van der Waals surface area (Å²) in [5.74, 6) is 0.270. The fraction of sp³-hybridized carbons (Fsp3) is 0.194. The van der Waals surface area contributed by atoms with Crippen molar-refractivity contribution in [1.82, 2.24) is 29.8 Å². The van der Waals surface area contributed by atoms with Crippen LogP contribution in [-0.2, 0) is 6.54 Å². The van der Waals surface area contributed by atoms with Gasteiger partial charge in [0.05, 0.1) is 23.1 Å². The summed E-state index contributed by atoms with van der Waals surface area (Å²) in [7, 11) is 0. The summed E-state index contributed by atoms with van der Waals surface area (Å²) in [5.41, 5.74) is 11.3. The molecule has 10 heteroatoms. The molecule has 0 saturated carbocycles. The van der Waals surface area contributed by atoms with E-state index in [2.05, 4.69) is 49.4 Å². The van der Waals surface area contributed by atoms with Crippen LogP contribution in [0.3, 0.4) is 0 Å². The zero-order valence-corrected chi connectivity index (χ0v) is 22.2. The number of carbonyl (C=O) groups is 1. The predicted octanol–water partition coefficient (Wildman–Crippen LogP) is 4.20. The number of piperidine rings is 1. The van der Waals surface area contributed by atoms with E-state index < -0.39 is 5.91 Å².